The van der Waals surface area contributed by atoms with Crippen LogP contribution in [-0.4, -0.2) is 12.2 Å². The molecule has 0 saturated carbocycles. The molecule has 0 bridgehead atoms. The van der Waals surface area contributed by atoms with Gasteiger partial charge in [0, 0.05) is 12.1 Å². The molecule has 0 aliphatic rings. The first-order valence-corrected chi connectivity index (χ1v) is 6.81. The summed E-state index contributed by atoms with van der Waals surface area (Å²) in [6.45, 7) is 2.01. The number of carboxylic acid groups (broad SMARTS) is 1. The van der Waals surface area contributed by atoms with Crippen molar-refractivity contribution in [2.45, 2.75) is 12.8 Å². The molecule has 21 heavy (non-hydrogen) atoms. The zero-order valence-electron chi connectivity index (χ0n) is 11.4. The van der Waals surface area contributed by atoms with Gasteiger partial charge in [0.05, 0.1) is 16.7 Å². The van der Waals surface area contributed by atoms with Crippen molar-refractivity contribution in [3.05, 3.63) is 64.7 Å². The quantitative estimate of drug-likeness (QED) is 0.682. The van der Waals surface area contributed by atoms with Gasteiger partial charge in [-0.25, -0.2) is 0 Å². The second-order valence-corrected chi connectivity index (χ2v) is 4.98. The van der Waals surface area contributed by atoms with Crippen molar-refractivity contribution < 1.29 is 9.90 Å². The molecule has 0 saturated heterocycles. The zero-order chi connectivity index (χ0) is 15.2. The highest BCUT2D eigenvalue weighted by atomic mass is 35.5. The number of hydrogen-bond donors (Lipinski definition) is 1. The third-order valence-electron chi connectivity index (χ3n) is 3.01. The Balaban J connectivity index is 2.07. The van der Waals surface area contributed by atoms with Crippen molar-refractivity contribution in [1.82, 2.24) is 0 Å². The van der Waals surface area contributed by atoms with Gasteiger partial charge in [-0.2, -0.15) is 5.10 Å². The number of carbonyl (C=O) groups is 1. The smallest absolute Gasteiger partial charge is 0.0754 e. The normalized spacial score (nSPS) is 12.3. The van der Waals surface area contributed by atoms with Gasteiger partial charge in [0.1, 0.15) is 0 Å². The molecular weight excluding hydrogens is 288 g/mol. The van der Waals surface area contributed by atoms with E-state index in [0.29, 0.717) is 10.7 Å². The minimum atomic E-state index is -1.25. The second kappa shape index (κ2) is 6.90. The van der Waals surface area contributed by atoms with E-state index in [1.54, 1.807) is 6.21 Å². The van der Waals surface area contributed by atoms with Crippen LogP contribution in [0.4, 0.5) is 5.69 Å². The summed E-state index contributed by atoms with van der Waals surface area (Å²) in [5, 5.41) is 15.3. The first-order chi connectivity index (χ1) is 10.1. The fourth-order valence-electron chi connectivity index (χ4n) is 1.80. The largest absolute Gasteiger partial charge is 0.545 e. The number of hydrogen-bond acceptors (Lipinski definition) is 4. The van der Waals surface area contributed by atoms with Crippen LogP contribution in [0.1, 0.15) is 28.8 Å². The molecule has 0 unspecified atom stereocenters. The predicted octanol–water partition coefficient (Wildman–Crippen LogP) is 2.90. The molecule has 2 aromatic rings. The van der Waals surface area contributed by atoms with E-state index in [1.165, 1.54) is 18.2 Å². The fourth-order valence-corrected chi connectivity index (χ4v) is 1.96. The van der Waals surface area contributed by atoms with Crippen LogP contribution in [0.25, 0.3) is 0 Å². The lowest BCUT2D eigenvalue weighted by Gasteiger charge is -2.09. The number of halogens is 1. The average molecular weight is 302 g/mol. The van der Waals surface area contributed by atoms with Crippen LogP contribution in [-0.2, 0) is 0 Å². The summed E-state index contributed by atoms with van der Waals surface area (Å²) in [5.41, 5.74) is 4.37. The van der Waals surface area contributed by atoms with Crippen molar-refractivity contribution in [3.8, 4) is 0 Å². The maximum atomic E-state index is 10.8. The first-order valence-electron chi connectivity index (χ1n) is 6.43. The lowest BCUT2D eigenvalue weighted by Crippen LogP contribution is -2.22. The van der Waals surface area contributed by atoms with E-state index in [4.69, 9.17) is 11.6 Å². The molecule has 2 rings (SSSR count). The zero-order valence-corrected chi connectivity index (χ0v) is 12.2. The van der Waals surface area contributed by atoms with Crippen LogP contribution >= 0.6 is 11.6 Å². The molecule has 0 spiro atoms. The summed E-state index contributed by atoms with van der Waals surface area (Å²) >= 11 is 5.98. The molecular formula is C16H14ClN2O2-. The van der Waals surface area contributed by atoms with E-state index in [-0.39, 0.29) is 11.5 Å². The molecule has 0 radical (unpaired) electrons. The van der Waals surface area contributed by atoms with Gasteiger partial charge < -0.3 is 9.90 Å². The van der Waals surface area contributed by atoms with Gasteiger partial charge in [0.2, 0.25) is 0 Å². The van der Waals surface area contributed by atoms with Crippen molar-refractivity contribution in [2.75, 3.05) is 5.43 Å². The van der Waals surface area contributed by atoms with Gasteiger partial charge in [0.25, 0.3) is 0 Å². The van der Waals surface area contributed by atoms with Gasteiger partial charge in [-0.1, -0.05) is 54.9 Å². The number of hydrazone groups is 1. The van der Waals surface area contributed by atoms with Gasteiger partial charge in [0.15, 0.2) is 0 Å². The minimum Gasteiger partial charge on any atom is -0.545 e. The number of aromatic carboxylic acids is 1. The molecule has 0 fully saturated rings. The van der Waals surface area contributed by atoms with E-state index in [2.05, 4.69) is 10.5 Å². The molecule has 4 nitrogen and oxygen atoms in total. The predicted molar refractivity (Wildman–Crippen MR) is 82.8 cm³/mol. The van der Waals surface area contributed by atoms with E-state index in [9.17, 15) is 9.90 Å². The van der Waals surface area contributed by atoms with Crippen molar-refractivity contribution in [2.24, 2.45) is 5.10 Å². The van der Waals surface area contributed by atoms with Crippen LogP contribution < -0.4 is 10.5 Å². The number of nitrogens with zero attached hydrogens (tertiary/aromatic N) is 1. The highest BCUT2D eigenvalue weighted by molar-refractivity contribution is 6.33. The molecule has 0 aliphatic heterocycles. The van der Waals surface area contributed by atoms with Crippen molar-refractivity contribution in [1.29, 1.82) is 0 Å². The Hall–Kier alpha value is -2.33. The summed E-state index contributed by atoms with van der Waals surface area (Å²) in [7, 11) is 0. The standard InChI is InChI=1S/C16H15ClN2O2/c1-11(12-5-3-2-4-6-12)10-18-19-15-9-13(16(20)21)7-8-14(15)17/h2-11,19H,1H3,(H,20,21)/p-1/b18-10-/t11-/m1/s1. The topological polar surface area (TPSA) is 64.5 Å². The fraction of sp³-hybridized carbons (Fsp3) is 0.125. The lowest BCUT2D eigenvalue weighted by molar-refractivity contribution is -0.255. The number of carbonyl (C=O) groups excluding carboxylic acids is 1. The molecule has 0 aromatic heterocycles. The van der Waals surface area contributed by atoms with E-state index in [1.807, 2.05) is 37.3 Å². The highest BCUT2D eigenvalue weighted by Crippen LogP contribution is 2.23. The Morgan fingerprint density at radius 3 is 2.67 bits per heavy atom. The van der Waals surface area contributed by atoms with Crippen molar-refractivity contribution >= 4 is 29.5 Å². The number of nitrogens with one attached hydrogen (secondary N) is 1. The Morgan fingerprint density at radius 1 is 1.29 bits per heavy atom. The molecule has 0 aliphatic carbocycles. The van der Waals surface area contributed by atoms with E-state index >= 15 is 0 Å². The van der Waals surface area contributed by atoms with Crippen LogP contribution in [0.5, 0.6) is 0 Å². The number of rotatable bonds is 5. The summed E-state index contributed by atoms with van der Waals surface area (Å²) in [4.78, 5) is 10.8. The average Bonchev–Trinajstić information content (AvgIpc) is 2.49. The van der Waals surface area contributed by atoms with E-state index < -0.39 is 5.97 Å². The monoisotopic (exact) mass is 301 g/mol. The van der Waals surface area contributed by atoms with Crippen molar-refractivity contribution in [3.63, 3.8) is 0 Å². The summed E-state index contributed by atoms with van der Waals surface area (Å²) in [6.07, 6.45) is 1.73. The summed E-state index contributed by atoms with van der Waals surface area (Å²) < 4.78 is 0. The SMILES string of the molecule is C[C@H](/C=N\Nc1cc(C(=O)[O-])ccc1Cl)c1ccccc1. The molecule has 108 valence electrons. The van der Waals surface area contributed by atoms with Gasteiger partial charge in [-0.15, -0.1) is 0 Å². The maximum absolute atomic E-state index is 10.8. The summed E-state index contributed by atoms with van der Waals surface area (Å²) in [5.74, 6) is -1.13. The molecule has 1 N–H and O–H groups in total. The molecule has 5 heteroatoms. The Labute approximate surface area is 128 Å². The highest BCUT2D eigenvalue weighted by Gasteiger charge is 2.03. The maximum Gasteiger partial charge on any atom is 0.0754 e. The Morgan fingerprint density at radius 2 is 2.00 bits per heavy atom. The summed E-state index contributed by atoms with van der Waals surface area (Å²) in [6, 6.07) is 14.2. The molecule has 0 heterocycles. The minimum absolute atomic E-state index is 0.0493. The van der Waals surface area contributed by atoms with Crippen LogP contribution in [0, 0.1) is 0 Å². The van der Waals surface area contributed by atoms with Crippen LogP contribution in [0.2, 0.25) is 5.02 Å². The molecule has 0 amide bonds. The van der Waals surface area contributed by atoms with Gasteiger partial charge in [-0.05, 0) is 23.3 Å². The molecule has 2 aromatic carbocycles. The lowest BCUT2D eigenvalue weighted by atomic mass is 10.0. The third kappa shape index (κ3) is 4.07. The van der Waals surface area contributed by atoms with E-state index in [0.717, 1.165) is 5.56 Å². The van der Waals surface area contributed by atoms with Gasteiger partial charge in [-0.3, -0.25) is 5.43 Å². The Bertz CT molecular complexity index is 657. The number of carboxylic acids is 1. The number of benzene rings is 2. The first kappa shape index (κ1) is 15.1. The number of anilines is 1. The van der Waals surface area contributed by atoms with Gasteiger partial charge >= 0.3 is 0 Å². The van der Waals surface area contributed by atoms with Crippen LogP contribution in [0.3, 0.4) is 0 Å². The second-order valence-electron chi connectivity index (χ2n) is 4.57. The Kier molecular flexibility index (Phi) is 4.95. The van der Waals surface area contributed by atoms with Crippen LogP contribution in [0.15, 0.2) is 53.6 Å². The third-order valence-corrected chi connectivity index (χ3v) is 3.34. The molecule has 1 atom stereocenters.